The van der Waals surface area contributed by atoms with Gasteiger partial charge < -0.3 is 0 Å². The number of aromatic nitrogens is 2. The summed E-state index contributed by atoms with van der Waals surface area (Å²) in [6.07, 6.45) is 2.85. The highest BCUT2D eigenvalue weighted by atomic mass is 35.5. The SMILES string of the molecule is CCn1c(NNC(=O)/C=C/c2cccc(Cl)c2Cl)nc2ccccc2c1=O. The first-order valence-electron chi connectivity index (χ1n) is 8.19. The number of carbonyl (C=O) groups is 1. The molecule has 27 heavy (non-hydrogen) atoms. The van der Waals surface area contributed by atoms with E-state index >= 15 is 0 Å². The van der Waals surface area contributed by atoms with Crippen LogP contribution in [-0.4, -0.2) is 15.5 Å². The second kappa shape index (κ2) is 8.24. The second-order valence-electron chi connectivity index (χ2n) is 5.59. The summed E-state index contributed by atoms with van der Waals surface area (Å²) in [5.41, 5.74) is 6.18. The molecule has 0 saturated carbocycles. The van der Waals surface area contributed by atoms with Crippen LogP contribution in [0.1, 0.15) is 12.5 Å². The van der Waals surface area contributed by atoms with Crippen molar-refractivity contribution in [3.8, 4) is 0 Å². The zero-order chi connectivity index (χ0) is 19.4. The lowest BCUT2D eigenvalue weighted by Gasteiger charge is -2.13. The van der Waals surface area contributed by atoms with E-state index in [-0.39, 0.29) is 11.5 Å². The Balaban J connectivity index is 1.78. The predicted molar refractivity (Wildman–Crippen MR) is 109 cm³/mol. The summed E-state index contributed by atoms with van der Waals surface area (Å²) in [5.74, 6) is -0.181. The Bertz CT molecular complexity index is 1090. The molecule has 0 fully saturated rings. The summed E-state index contributed by atoms with van der Waals surface area (Å²) >= 11 is 12.0. The molecule has 0 aliphatic rings. The predicted octanol–water partition coefficient (Wildman–Crippen LogP) is 3.88. The van der Waals surface area contributed by atoms with Crippen molar-refractivity contribution in [3.05, 3.63) is 74.5 Å². The molecule has 3 rings (SSSR count). The van der Waals surface area contributed by atoms with Gasteiger partial charge in [0.25, 0.3) is 11.5 Å². The number of benzene rings is 2. The van der Waals surface area contributed by atoms with Gasteiger partial charge in [-0.3, -0.25) is 25.0 Å². The highest BCUT2D eigenvalue weighted by Crippen LogP contribution is 2.26. The number of hydrogen-bond acceptors (Lipinski definition) is 4. The zero-order valence-corrected chi connectivity index (χ0v) is 15.9. The Hall–Kier alpha value is -2.83. The van der Waals surface area contributed by atoms with Crippen LogP contribution in [0.5, 0.6) is 0 Å². The van der Waals surface area contributed by atoms with E-state index in [4.69, 9.17) is 23.2 Å². The van der Waals surface area contributed by atoms with Gasteiger partial charge in [-0.1, -0.05) is 47.5 Å². The number of rotatable bonds is 5. The molecule has 1 heterocycles. The smallest absolute Gasteiger partial charge is 0.262 e. The van der Waals surface area contributed by atoms with E-state index in [1.165, 1.54) is 10.6 Å². The summed E-state index contributed by atoms with van der Waals surface area (Å²) in [7, 11) is 0. The Labute approximate surface area is 165 Å². The third-order valence-electron chi connectivity index (χ3n) is 3.87. The van der Waals surface area contributed by atoms with Gasteiger partial charge in [-0.2, -0.15) is 0 Å². The van der Waals surface area contributed by atoms with Crippen molar-refractivity contribution < 1.29 is 4.79 Å². The number of fused-ring (bicyclic) bond motifs is 1. The van der Waals surface area contributed by atoms with Gasteiger partial charge >= 0.3 is 0 Å². The molecule has 0 unspecified atom stereocenters. The first kappa shape index (κ1) is 18.9. The van der Waals surface area contributed by atoms with Gasteiger partial charge in [0.05, 0.1) is 20.9 Å². The van der Waals surface area contributed by atoms with Gasteiger partial charge in [0.2, 0.25) is 5.95 Å². The molecule has 8 heteroatoms. The number of halogens is 2. The Morgan fingerprint density at radius 2 is 1.96 bits per heavy atom. The largest absolute Gasteiger partial charge is 0.277 e. The summed E-state index contributed by atoms with van der Waals surface area (Å²) in [5, 5.41) is 1.29. The molecule has 0 saturated heterocycles. The van der Waals surface area contributed by atoms with E-state index in [1.807, 2.05) is 6.92 Å². The average molecular weight is 403 g/mol. The lowest BCUT2D eigenvalue weighted by atomic mass is 10.2. The summed E-state index contributed by atoms with van der Waals surface area (Å²) in [6.45, 7) is 2.23. The molecule has 1 amide bonds. The number of amides is 1. The number of anilines is 1. The minimum absolute atomic E-state index is 0.180. The average Bonchev–Trinajstić information content (AvgIpc) is 2.67. The monoisotopic (exact) mass is 402 g/mol. The first-order valence-corrected chi connectivity index (χ1v) is 8.94. The minimum Gasteiger partial charge on any atom is -0.277 e. The van der Waals surface area contributed by atoms with Crippen LogP contribution in [0.25, 0.3) is 17.0 Å². The molecule has 0 radical (unpaired) electrons. The lowest BCUT2D eigenvalue weighted by molar-refractivity contribution is -0.116. The highest BCUT2D eigenvalue weighted by Gasteiger charge is 2.09. The van der Waals surface area contributed by atoms with Crippen LogP contribution in [-0.2, 0) is 11.3 Å². The van der Waals surface area contributed by atoms with E-state index in [9.17, 15) is 9.59 Å². The number of nitrogens with zero attached hydrogens (tertiary/aromatic N) is 2. The molecule has 2 aromatic carbocycles. The molecule has 138 valence electrons. The summed E-state index contributed by atoms with van der Waals surface area (Å²) in [4.78, 5) is 29.0. The molecular weight excluding hydrogens is 387 g/mol. The second-order valence-corrected chi connectivity index (χ2v) is 6.38. The fourth-order valence-electron chi connectivity index (χ4n) is 2.53. The molecule has 0 spiro atoms. The molecule has 6 nitrogen and oxygen atoms in total. The topological polar surface area (TPSA) is 76.0 Å². The quantitative estimate of drug-likeness (QED) is 0.501. The molecular formula is C19H16Cl2N4O2. The molecule has 0 bridgehead atoms. The standard InChI is InChI=1S/C19H16Cl2N4O2/c1-2-25-18(27)13-7-3-4-9-15(13)22-19(25)24-23-16(26)11-10-12-6-5-8-14(20)17(12)21/h3-11H,2H2,1H3,(H,22,24)(H,23,26)/b11-10+. The van der Waals surface area contributed by atoms with Crippen LogP contribution in [0.3, 0.4) is 0 Å². The van der Waals surface area contributed by atoms with Gasteiger partial charge in [-0.25, -0.2) is 4.98 Å². The van der Waals surface area contributed by atoms with Crippen molar-refractivity contribution in [3.63, 3.8) is 0 Å². The molecule has 0 aliphatic carbocycles. The van der Waals surface area contributed by atoms with Gasteiger partial charge in [-0.15, -0.1) is 0 Å². The van der Waals surface area contributed by atoms with E-state index in [0.29, 0.717) is 33.1 Å². The molecule has 1 aromatic heterocycles. The number of hydrazine groups is 1. The Morgan fingerprint density at radius 3 is 2.74 bits per heavy atom. The van der Waals surface area contributed by atoms with E-state index in [0.717, 1.165) is 0 Å². The van der Waals surface area contributed by atoms with Crippen LogP contribution in [0, 0.1) is 0 Å². The maximum Gasteiger partial charge on any atom is 0.262 e. The Morgan fingerprint density at radius 1 is 1.19 bits per heavy atom. The minimum atomic E-state index is -0.434. The van der Waals surface area contributed by atoms with Crippen LogP contribution < -0.4 is 16.4 Å². The maximum absolute atomic E-state index is 12.5. The number of carbonyl (C=O) groups excluding carboxylic acids is 1. The van der Waals surface area contributed by atoms with Gasteiger partial charge in [0.1, 0.15) is 0 Å². The Kier molecular flexibility index (Phi) is 5.78. The van der Waals surface area contributed by atoms with Crippen LogP contribution >= 0.6 is 23.2 Å². The molecule has 0 atom stereocenters. The van der Waals surface area contributed by atoms with Gasteiger partial charge in [-0.05, 0) is 36.8 Å². The third-order valence-corrected chi connectivity index (χ3v) is 4.70. The molecule has 3 aromatic rings. The van der Waals surface area contributed by atoms with Crippen LogP contribution in [0.4, 0.5) is 5.95 Å². The van der Waals surface area contributed by atoms with E-state index in [1.54, 1.807) is 48.5 Å². The highest BCUT2D eigenvalue weighted by molar-refractivity contribution is 6.42. The van der Waals surface area contributed by atoms with Crippen LogP contribution in [0.2, 0.25) is 10.0 Å². The van der Waals surface area contributed by atoms with Gasteiger partial charge in [0.15, 0.2) is 0 Å². The summed E-state index contributed by atoms with van der Waals surface area (Å²) < 4.78 is 1.44. The summed E-state index contributed by atoms with van der Waals surface area (Å²) in [6, 6.07) is 12.2. The van der Waals surface area contributed by atoms with Crippen molar-refractivity contribution in [2.75, 3.05) is 5.43 Å². The molecule has 2 N–H and O–H groups in total. The normalized spacial score (nSPS) is 11.1. The van der Waals surface area contributed by atoms with Crippen molar-refractivity contribution in [2.45, 2.75) is 13.5 Å². The number of para-hydroxylation sites is 1. The van der Waals surface area contributed by atoms with Crippen molar-refractivity contribution in [2.24, 2.45) is 0 Å². The molecule has 0 aliphatic heterocycles. The fraction of sp³-hybridized carbons (Fsp3) is 0.105. The van der Waals surface area contributed by atoms with E-state index in [2.05, 4.69) is 15.8 Å². The van der Waals surface area contributed by atoms with Gasteiger partial charge in [0, 0.05) is 12.6 Å². The van der Waals surface area contributed by atoms with E-state index < -0.39 is 5.91 Å². The number of hydrogen-bond donors (Lipinski definition) is 2. The van der Waals surface area contributed by atoms with Crippen molar-refractivity contribution >= 4 is 52.0 Å². The first-order chi connectivity index (χ1) is 13.0. The number of nitrogens with one attached hydrogen (secondary N) is 2. The lowest BCUT2D eigenvalue weighted by Crippen LogP contribution is -2.33. The maximum atomic E-state index is 12.5. The fourth-order valence-corrected chi connectivity index (χ4v) is 2.90. The van der Waals surface area contributed by atoms with Crippen molar-refractivity contribution in [1.82, 2.24) is 15.0 Å². The van der Waals surface area contributed by atoms with Crippen LogP contribution in [0.15, 0.2) is 53.3 Å². The van der Waals surface area contributed by atoms with Crippen molar-refractivity contribution in [1.29, 1.82) is 0 Å². The zero-order valence-electron chi connectivity index (χ0n) is 14.4. The third kappa shape index (κ3) is 4.13.